The molecule has 1 rings (SSSR count). The highest BCUT2D eigenvalue weighted by molar-refractivity contribution is 5.94. The zero-order chi connectivity index (χ0) is 28.0. The zero-order valence-corrected chi connectivity index (χ0v) is 21.4. The summed E-state index contributed by atoms with van der Waals surface area (Å²) in [6, 6.07) is -4.37. The Morgan fingerprint density at radius 1 is 1.03 bits per heavy atom. The van der Waals surface area contributed by atoms with Crippen LogP contribution in [0.4, 0.5) is 0 Å². The first-order chi connectivity index (χ1) is 17.5. The Labute approximate surface area is 215 Å². The molecule has 208 valence electrons. The van der Waals surface area contributed by atoms with E-state index < -0.39 is 53.8 Å². The highest BCUT2D eigenvalue weighted by Crippen LogP contribution is 2.11. The second kappa shape index (κ2) is 16.3. The van der Waals surface area contributed by atoms with Crippen LogP contribution in [-0.2, 0) is 30.4 Å². The minimum Gasteiger partial charge on any atom is -0.480 e. The summed E-state index contributed by atoms with van der Waals surface area (Å²) < 4.78 is 0. The first-order valence-corrected chi connectivity index (χ1v) is 12.3. The molecule has 0 aromatic carbocycles. The topological polar surface area (TPSA) is 248 Å². The molecule has 11 N–H and O–H groups in total. The highest BCUT2D eigenvalue weighted by Gasteiger charge is 2.32. The molecule has 1 aromatic heterocycles. The number of primary amides is 1. The molecular formula is C23H40N8O6. The molecule has 0 aliphatic carbocycles. The molecule has 0 aliphatic heterocycles. The summed E-state index contributed by atoms with van der Waals surface area (Å²) in [7, 11) is 0. The lowest BCUT2D eigenvalue weighted by molar-refractivity contribution is -0.142. The van der Waals surface area contributed by atoms with E-state index in [9.17, 15) is 29.1 Å². The quantitative estimate of drug-likeness (QED) is 0.101. The Morgan fingerprint density at radius 3 is 2.24 bits per heavy atom. The average Bonchev–Trinajstić information content (AvgIpc) is 3.36. The van der Waals surface area contributed by atoms with Gasteiger partial charge in [-0.15, -0.1) is 0 Å². The van der Waals surface area contributed by atoms with Crippen LogP contribution in [0.1, 0.15) is 58.1 Å². The van der Waals surface area contributed by atoms with Crippen LogP contribution < -0.4 is 33.2 Å². The first-order valence-electron chi connectivity index (χ1n) is 12.3. The molecule has 0 bridgehead atoms. The third-order valence-electron chi connectivity index (χ3n) is 6.00. The van der Waals surface area contributed by atoms with Crippen molar-refractivity contribution in [2.75, 3.05) is 6.54 Å². The average molecular weight is 525 g/mol. The van der Waals surface area contributed by atoms with Crippen LogP contribution in [0.5, 0.6) is 0 Å². The van der Waals surface area contributed by atoms with E-state index >= 15 is 0 Å². The van der Waals surface area contributed by atoms with E-state index in [1.807, 2.05) is 6.92 Å². The predicted molar refractivity (Wildman–Crippen MR) is 134 cm³/mol. The van der Waals surface area contributed by atoms with Crippen LogP contribution in [-0.4, -0.2) is 75.4 Å². The van der Waals surface area contributed by atoms with Crippen LogP contribution in [0.3, 0.4) is 0 Å². The number of rotatable bonds is 18. The van der Waals surface area contributed by atoms with Crippen molar-refractivity contribution in [3.8, 4) is 0 Å². The second-order valence-corrected chi connectivity index (χ2v) is 9.01. The predicted octanol–water partition coefficient (Wildman–Crippen LogP) is -1.74. The van der Waals surface area contributed by atoms with Gasteiger partial charge in [0.25, 0.3) is 0 Å². The van der Waals surface area contributed by atoms with E-state index in [4.69, 9.17) is 17.2 Å². The minimum atomic E-state index is -1.36. The van der Waals surface area contributed by atoms with Crippen LogP contribution in [0.15, 0.2) is 12.5 Å². The van der Waals surface area contributed by atoms with Gasteiger partial charge in [-0.3, -0.25) is 19.2 Å². The summed E-state index contributed by atoms with van der Waals surface area (Å²) in [6.45, 7) is 4.00. The van der Waals surface area contributed by atoms with Gasteiger partial charge in [0.2, 0.25) is 23.6 Å². The third kappa shape index (κ3) is 11.4. The summed E-state index contributed by atoms with van der Waals surface area (Å²) >= 11 is 0. The van der Waals surface area contributed by atoms with Crippen LogP contribution in [0.25, 0.3) is 0 Å². The van der Waals surface area contributed by atoms with Crippen molar-refractivity contribution in [2.45, 2.75) is 83.0 Å². The third-order valence-corrected chi connectivity index (χ3v) is 6.00. The number of carbonyl (C=O) groups is 5. The summed E-state index contributed by atoms with van der Waals surface area (Å²) in [5.41, 5.74) is 17.3. The number of hydrogen-bond acceptors (Lipinski definition) is 8. The number of amides is 4. The van der Waals surface area contributed by atoms with Crippen molar-refractivity contribution in [1.29, 1.82) is 0 Å². The summed E-state index contributed by atoms with van der Waals surface area (Å²) in [4.78, 5) is 68.3. The van der Waals surface area contributed by atoms with Crippen molar-refractivity contribution in [3.05, 3.63) is 18.2 Å². The zero-order valence-electron chi connectivity index (χ0n) is 21.4. The minimum absolute atomic E-state index is 0.187. The number of aliphatic carboxylic acids is 1. The number of carboxylic acid groups (broad SMARTS) is 1. The Kier molecular flexibility index (Phi) is 13.9. The van der Waals surface area contributed by atoms with E-state index in [2.05, 4.69) is 25.9 Å². The van der Waals surface area contributed by atoms with Gasteiger partial charge in [-0.05, 0) is 38.1 Å². The molecule has 0 aliphatic rings. The molecule has 0 saturated heterocycles. The smallest absolute Gasteiger partial charge is 0.326 e. The number of aromatic amines is 1. The largest absolute Gasteiger partial charge is 0.480 e. The monoisotopic (exact) mass is 524 g/mol. The van der Waals surface area contributed by atoms with Crippen molar-refractivity contribution in [1.82, 2.24) is 25.9 Å². The Balaban J connectivity index is 2.97. The van der Waals surface area contributed by atoms with Gasteiger partial charge in [0.15, 0.2) is 0 Å². The number of unbranched alkanes of at least 4 members (excludes halogenated alkanes) is 1. The standard InChI is InChI=1S/C23H40N8O6/c1-3-13(2)19(31-20(33)15(25)10-14-11-27-12-28-14)22(35)29-16(6-4-5-9-24)21(34)30-17(23(36)37)7-8-18(26)32/h11-13,15-17,19H,3-10,24-25H2,1-2H3,(H2,26,32)(H,27,28)(H,29,35)(H,30,34)(H,31,33)(H,36,37). The Bertz CT molecular complexity index is 894. The summed E-state index contributed by atoms with van der Waals surface area (Å²) in [5.74, 6) is -4.21. The molecule has 14 heteroatoms. The summed E-state index contributed by atoms with van der Waals surface area (Å²) in [6.07, 6.45) is 4.58. The lowest BCUT2D eigenvalue weighted by Gasteiger charge is -2.28. The number of nitrogens with zero attached hydrogens (tertiary/aromatic N) is 1. The maximum Gasteiger partial charge on any atom is 0.326 e. The van der Waals surface area contributed by atoms with E-state index in [1.165, 1.54) is 6.33 Å². The van der Waals surface area contributed by atoms with Crippen LogP contribution >= 0.6 is 0 Å². The van der Waals surface area contributed by atoms with Gasteiger partial charge in [0.1, 0.15) is 18.1 Å². The molecule has 4 amide bonds. The highest BCUT2D eigenvalue weighted by atomic mass is 16.4. The van der Waals surface area contributed by atoms with E-state index in [-0.39, 0.29) is 31.6 Å². The number of imidazole rings is 1. The van der Waals surface area contributed by atoms with E-state index in [0.717, 1.165) is 0 Å². The van der Waals surface area contributed by atoms with Gasteiger partial charge in [0, 0.05) is 24.7 Å². The lowest BCUT2D eigenvalue weighted by Crippen LogP contribution is -2.58. The molecule has 0 fully saturated rings. The van der Waals surface area contributed by atoms with Crippen molar-refractivity contribution < 1.29 is 29.1 Å². The fraction of sp³-hybridized carbons (Fsp3) is 0.652. The number of aromatic nitrogens is 2. The molecule has 14 nitrogen and oxygen atoms in total. The fourth-order valence-corrected chi connectivity index (χ4v) is 3.53. The summed E-state index contributed by atoms with van der Waals surface area (Å²) in [5, 5.41) is 17.1. The molecule has 37 heavy (non-hydrogen) atoms. The van der Waals surface area contributed by atoms with Crippen molar-refractivity contribution in [3.63, 3.8) is 0 Å². The number of carbonyl (C=O) groups excluding carboxylic acids is 4. The SMILES string of the molecule is CCC(C)C(NC(=O)C(N)Cc1cnc[nH]1)C(=O)NC(CCCCN)C(=O)NC(CCC(N)=O)C(=O)O. The van der Waals surface area contributed by atoms with Gasteiger partial charge in [-0.1, -0.05) is 20.3 Å². The van der Waals surface area contributed by atoms with Crippen LogP contribution in [0.2, 0.25) is 0 Å². The molecule has 0 spiro atoms. The molecular weight excluding hydrogens is 484 g/mol. The fourth-order valence-electron chi connectivity index (χ4n) is 3.53. The maximum absolute atomic E-state index is 13.2. The van der Waals surface area contributed by atoms with E-state index in [0.29, 0.717) is 31.5 Å². The van der Waals surface area contributed by atoms with Gasteiger partial charge < -0.3 is 43.2 Å². The number of hydrogen-bond donors (Lipinski definition) is 8. The molecule has 5 atom stereocenters. The first kappa shape index (κ1) is 31.5. The molecule has 0 radical (unpaired) electrons. The second-order valence-electron chi connectivity index (χ2n) is 9.01. The van der Waals surface area contributed by atoms with Crippen LogP contribution in [0, 0.1) is 5.92 Å². The number of nitrogens with one attached hydrogen (secondary N) is 4. The number of nitrogens with two attached hydrogens (primary N) is 3. The molecule has 5 unspecified atom stereocenters. The Morgan fingerprint density at radius 2 is 1.70 bits per heavy atom. The number of H-pyrrole nitrogens is 1. The van der Waals surface area contributed by atoms with Gasteiger partial charge in [-0.2, -0.15) is 0 Å². The number of carboxylic acids is 1. The van der Waals surface area contributed by atoms with Gasteiger partial charge in [-0.25, -0.2) is 9.78 Å². The van der Waals surface area contributed by atoms with Crippen molar-refractivity contribution in [2.24, 2.45) is 23.1 Å². The molecule has 0 saturated carbocycles. The van der Waals surface area contributed by atoms with Gasteiger partial charge in [0.05, 0.1) is 12.4 Å². The van der Waals surface area contributed by atoms with Crippen molar-refractivity contribution >= 4 is 29.6 Å². The van der Waals surface area contributed by atoms with E-state index in [1.54, 1.807) is 13.1 Å². The maximum atomic E-state index is 13.2. The Hall–Kier alpha value is -3.52. The molecule has 1 aromatic rings. The van der Waals surface area contributed by atoms with Gasteiger partial charge >= 0.3 is 5.97 Å². The lowest BCUT2D eigenvalue weighted by atomic mass is 9.96. The molecule has 1 heterocycles. The normalized spacial score (nSPS) is 15.0.